The van der Waals surface area contributed by atoms with E-state index < -0.39 is 16.7 Å². The standard InChI is InChI=1S/C7H4Cl2F2/c1-3-2-4(10)6(9)7(11)5(3)8/h2H,1H3. The molecule has 0 unspecified atom stereocenters. The molecule has 11 heavy (non-hydrogen) atoms. The van der Waals surface area contributed by atoms with Gasteiger partial charge in [0.1, 0.15) is 10.8 Å². The molecular formula is C7H4Cl2F2. The first-order valence-corrected chi connectivity index (χ1v) is 3.59. The van der Waals surface area contributed by atoms with Gasteiger partial charge in [-0.05, 0) is 18.6 Å². The molecule has 0 aromatic heterocycles. The van der Waals surface area contributed by atoms with E-state index in [4.69, 9.17) is 23.2 Å². The molecule has 0 saturated heterocycles. The molecule has 0 amide bonds. The molecule has 0 radical (unpaired) electrons. The van der Waals surface area contributed by atoms with Gasteiger partial charge in [0.15, 0.2) is 5.82 Å². The van der Waals surface area contributed by atoms with E-state index in [9.17, 15) is 8.78 Å². The maximum atomic E-state index is 12.7. The van der Waals surface area contributed by atoms with Crippen molar-refractivity contribution in [1.29, 1.82) is 0 Å². The molecule has 0 aliphatic heterocycles. The Morgan fingerprint density at radius 3 is 2.27 bits per heavy atom. The Morgan fingerprint density at radius 2 is 1.73 bits per heavy atom. The molecule has 0 aliphatic rings. The van der Waals surface area contributed by atoms with Gasteiger partial charge in [-0.25, -0.2) is 8.78 Å². The van der Waals surface area contributed by atoms with Crippen LogP contribution in [0.5, 0.6) is 0 Å². The number of hydrogen-bond acceptors (Lipinski definition) is 0. The third kappa shape index (κ3) is 1.47. The van der Waals surface area contributed by atoms with Crippen molar-refractivity contribution in [2.75, 3.05) is 0 Å². The Hall–Kier alpha value is -0.340. The molecule has 0 saturated carbocycles. The van der Waals surface area contributed by atoms with Crippen molar-refractivity contribution in [3.8, 4) is 0 Å². The Balaban J connectivity index is 3.46. The second-order valence-corrected chi connectivity index (χ2v) is 2.87. The van der Waals surface area contributed by atoms with Crippen LogP contribution in [0.25, 0.3) is 0 Å². The van der Waals surface area contributed by atoms with Crippen molar-refractivity contribution in [2.24, 2.45) is 0 Å². The van der Waals surface area contributed by atoms with E-state index >= 15 is 0 Å². The smallest absolute Gasteiger partial charge is 0.163 e. The van der Waals surface area contributed by atoms with Gasteiger partial charge in [0.25, 0.3) is 0 Å². The molecule has 4 heteroatoms. The first kappa shape index (κ1) is 8.75. The highest BCUT2D eigenvalue weighted by Gasteiger charge is 2.12. The molecule has 1 rings (SSSR count). The monoisotopic (exact) mass is 196 g/mol. The number of hydrogen-bond donors (Lipinski definition) is 0. The van der Waals surface area contributed by atoms with Crippen LogP contribution >= 0.6 is 23.2 Å². The lowest BCUT2D eigenvalue weighted by Crippen LogP contribution is -1.88. The number of benzene rings is 1. The molecule has 1 aromatic rings. The first-order chi connectivity index (χ1) is 5.04. The first-order valence-electron chi connectivity index (χ1n) is 2.83. The minimum Gasteiger partial charge on any atom is -0.205 e. The lowest BCUT2D eigenvalue weighted by atomic mass is 10.2. The normalized spacial score (nSPS) is 10.3. The summed E-state index contributed by atoms with van der Waals surface area (Å²) < 4.78 is 25.3. The number of halogens is 4. The van der Waals surface area contributed by atoms with Crippen LogP contribution in [0.2, 0.25) is 10.0 Å². The molecule has 60 valence electrons. The van der Waals surface area contributed by atoms with Crippen LogP contribution in [-0.2, 0) is 0 Å². The third-order valence-electron chi connectivity index (χ3n) is 1.28. The summed E-state index contributed by atoms with van der Waals surface area (Å²) in [6.07, 6.45) is 0. The second kappa shape index (κ2) is 2.95. The fraction of sp³-hybridized carbons (Fsp3) is 0.143. The van der Waals surface area contributed by atoms with Crippen molar-refractivity contribution < 1.29 is 8.78 Å². The van der Waals surface area contributed by atoms with E-state index in [2.05, 4.69) is 0 Å². The van der Waals surface area contributed by atoms with E-state index in [0.29, 0.717) is 5.56 Å². The maximum Gasteiger partial charge on any atom is 0.163 e. The zero-order chi connectivity index (χ0) is 8.59. The summed E-state index contributed by atoms with van der Waals surface area (Å²) in [5.41, 5.74) is 0.339. The molecule has 0 aliphatic carbocycles. The average molecular weight is 197 g/mol. The zero-order valence-electron chi connectivity index (χ0n) is 5.59. The Labute approximate surface area is 72.7 Å². The molecule has 0 N–H and O–H groups in total. The summed E-state index contributed by atoms with van der Waals surface area (Å²) in [6.45, 7) is 1.50. The van der Waals surface area contributed by atoms with Gasteiger partial charge in [0.05, 0.1) is 5.02 Å². The Kier molecular flexibility index (Phi) is 2.35. The molecule has 0 atom stereocenters. The van der Waals surface area contributed by atoms with Gasteiger partial charge in [-0.15, -0.1) is 0 Å². The fourth-order valence-corrected chi connectivity index (χ4v) is 1.04. The summed E-state index contributed by atoms with van der Waals surface area (Å²) in [7, 11) is 0. The number of aryl methyl sites for hydroxylation is 1. The van der Waals surface area contributed by atoms with Gasteiger partial charge in [-0.3, -0.25) is 0 Å². The van der Waals surface area contributed by atoms with Crippen LogP contribution in [0, 0.1) is 18.6 Å². The van der Waals surface area contributed by atoms with Crippen LogP contribution in [-0.4, -0.2) is 0 Å². The third-order valence-corrected chi connectivity index (χ3v) is 2.10. The molecule has 0 nitrogen and oxygen atoms in total. The predicted molar refractivity (Wildman–Crippen MR) is 41.1 cm³/mol. The summed E-state index contributed by atoms with van der Waals surface area (Å²) in [5.74, 6) is -1.68. The molecule has 0 bridgehead atoms. The van der Waals surface area contributed by atoms with Crippen LogP contribution in [0.3, 0.4) is 0 Å². The Morgan fingerprint density at radius 1 is 1.18 bits per heavy atom. The summed E-state index contributed by atoms with van der Waals surface area (Å²) in [5, 5.41) is -0.683. The van der Waals surface area contributed by atoms with Gasteiger partial charge in [0.2, 0.25) is 0 Å². The molecule has 1 aromatic carbocycles. The highest BCUT2D eigenvalue weighted by atomic mass is 35.5. The molecule has 0 heterocycles. The van der Waals surface area contributed by atoms with Gasteiger partial charge < -0.3 is 0 Å². The SMILES string of the molecule is Cc1cc(F)c(Cl)c(F)c1Cl. The average Bonchev–Trinajstić information content (AvgIpc) is 1.97. The lowest BCUT2D eigenvalue weighted by molar-refractivity contribution is 0.582. The van der Waals surface area contributed by atoms with Crippen molar-refractivity contribution in [1.82, 2.24) is 0 Å². The second-order valence-electron chi connectivity index (χ2n) is 2.12. The minimum atomic E-state index is -0.897. The van der Waals surface area contributed by atoms with Crippen molar-refractivity contribution in [2.45, 2.75) is 6.92 Å². The topological polar surface area (TPSA) is 0 Å². The van der Waals surface area contributed by atoms with E-state index in [1.54, 1.807) is 0 Å². The van der Waals surface area contributed by atoms with Crippen molar-refractivity contribution >= 4 is 23.2 Å². The Bertz CT molecular complexity index is 271. The van der Waals surface area contributed by atoms with Gasteiger partial charge in [-0.2, -0.15) is 0 Å². The van der Waals surface area contributed by atoms with Crippen LogP contribution in [0.1, 0.15) is 5.56 Å². The quantitative estimate of drug-likeness (QED) is 0.440. The molecule has 0 fully saturated rings. The van der Waals surface area contributed by atoms with E-state index in [0.717, 1.165) is 6.07 Å². The van der Waals surface area contributed by atoms with E-state index in [1.807, 2.05) is 0 Å². The highest BCUT2D eigenvalue weighted by molar-refractivity contribution is 6.35. The largest absolute Gasteiger partial charge is 0.205 e. The lowest BCUT2D eigenvalue weighted by Gasteiger charge is -2.01. The summed E-state index contributed by atoms with van der Waals surface area (Å²) in [4.78, 5) is 0. The molecular weight excluding hydrogens is 193 g/mol. The molecule has 0 spiro atoms. The summed E-state index contributed by atoms with van der Waals surface area (Å²) in [6, 6.07) is 1.09. The van der Waals surface area contributed by atoms with Crippen LogP contribution in [0.15, 0.2) is 6.07 Å². The zero-order valence-corrected chi connectivity index (χ0v) is 7.10. The van der Waals surface area contributed by atoms with Gasteiger partial charge in [-0.1, -0.05) is 23.2 Å². The van der Waals surface area contributed by atoms with Crippen LogP contribution < -0.4 is 0 Å². The highest BCUT2D eigenvalue weighted by Crippen LogP contribution is 2.28. The maximum absolute atomic E-state index is 12.7. The van der Waals surface area contributed by atoms with E-state index in [1.165, 1.54) is 6.92 Å². The number of rotatable bonds is 0. The van der Waals surface area contributed by atoms with Crippen LogP contribution in [0.4, 0.5) is 8.78 Å². The van der Waals surface area contributed by atoms with Crippen molar-refractivity contribution in [3.05, 3.63) is 33.3 Å². The fourth-order valence-electron chi connectivity index (χ4n) is 0.691. The van der Waals surface area contributed by atoms with Gasteiger partial charge in [0, 0.05) is 0 Å². The van der Waals surface area contributed by atoms with E-state index in [-0.39, 0.29) is 5.02 Å². The predicted octanol–water partition coefficient (Wildman–Crippen LogP) is 3.58. The summed E-state index contributed by atoms with van der Waals surface area (Å²) >= 11 is 10.6. The van der Waals surface area contributed by atoms with Gasteiger partial charge >= 0.3 is 0 Å². The van der Waals surface area contributed by atoms with Crippen molar-refractivity contribution in [3.63, 3.8) is 0 Å². The minimum absolute atomic E-state index is 0.128.